The first-order chi connectivity index (χ1) is 27.0. The summed E-state index contributed by atoms with van der Waals surface area (Å²) in [5.74, 6) is 0. The molecule has 2 aliphatic rings. The molecular formula is C51H44BNO3. The Bertz CT molecular complexity index is 2760. The second-order valence-corrected chi connectivity index (χ2v) is 16.8. The number of para-hydroxylation sites is 2. The normalized spacial score (nSPS) is 16.3. The topological polar surface area (TPSA) is 34.8 Å². The van der Waals surface area contributed by atoms with Gasteiger partial charge in [-0.1, -0.05) is 135 Å². The summed E-state index contributed by atoms with van der Waals surface area (Å²) in [6.45, 7) is 13.0. The lowest BCUT2D eigenvalue weighted by Gasteiger charge is -2.32. The number of hydrogen-bond acceptors (Lipinski definition) is 4. The molecule has 4 nitrogen and oxygen atoms in total. The summed E-state index contributed by atoms with van der Waals surface area (Å²) in [4.78, 5) is 2.37. The Morgan fingerprint density at radius 2 is 0.964 bits per heavy atom. The van der Waals surface area contributed by atoms with E-state index in [1.165, 1.54) is 33.4 Å². The Kier molecular flexibility index (Phi) is 7.77. The molecule has 0 saturated carbocycles. The smallest absolute Gasteiger partial charge is 0.456 e. The predicted octanol–water partition coefficient (Wildman–Crippen LogP) is 13.0. The fourth-order valence-electron chi connectivity index (χ4n) is 8.73. The van der Waals surface area contributed by atoms with Gasteiger partial charge in [-0.2, -0.15) is 0 Å². The lowest BCUT2D eigenvalue weighted by molar-refractivity contribution is 0.00578. The highest BCUT2D eigenvalue weighted by Crippen LogP contribution is 2.51. The summed E-state index contributed by atoms with van der Waals surface area (Å²) < 4.78 is 19.7. The molecule has 5 heteroatoms. The van der Waals surface area contributed by atoms with E-state index in [2.05, 4.69) is 204 Å². The van der Waals surface area contributed by atoms with Gasteiger partial charge in [-0.3, -0.25) is 0 Å². The van der Waals surface area contributed by atoms with Gasteiger partial charge in [0.15, 0.2) is 0 Å². The molecule has 0 bridgehead atoms. The van der Waals surface area contributed by atoms with Crippen LogP contribution in [0.1, 0.15) is 52.7 Å². The van der Waals surface area contributed by atoms with Crippen molar-refractivity contribution >= 4 is 51.6 Å². The zero-order valence-corrected chi connectivity index (χ0v) is 32.8. The average molecular weight is 730 g/mol. The molecule has 1 aromatic heterocycles. The molecule has 0 N–H and O–H groups in total. The van der Waals surface area contributed by atoms with E-state index in [-0.39, 0.29) is 5.41 Å². The minimum atomic E-state index is -0.515. The number of rotatable bonds is 6. The van der Waals surface area contributed by atoms with Gasteiger partial charge in [-0.05, 0) is 103 Å². The van der Waals surface area contributed by atoms with E-state index < -0.39 is 18.3 Å². The van der Waals surface area contributed by atoms with Gasteiger partial charge in [0.05, 0.1) is 11.2 Å². The number of furan rings is 1. The maximum Gasteiger partial charge on any atom is 0.498 e. The third-order valence-electron chi connectivity index (χ3n) is 12.6. The Balaban J connectivity index is 1.06. The van der Waals surface area contributed by atoms with Gasteiger partial charge in [0, 0.05) is 44.3 Å². The summed E-state index contributed by atoms with van der Waals surface area (Å²) in [5.41, 5.74) is 14.7. The van der Waals surface area contributed by atoms with Crippen molar-refractivity contribution < 1.29 is 13.7 Å². The quantitative estimate of drug-likeness (QED) is 0.160. The van der Waals surface area contributed by atoms with Gasteiger partial charge in [-0.15, -0.1) is 0 Å². The number of anilines is 3. The van der Waals surface area contributed by atoms with Crippen LogP contribution in [0.4, 0.5) is 17.1 Å². The van der Waals surface area contributed by atoms with Crippen LogP contribution in [0.2, 0.25) is 0 Å². The number of benzene rings is 7. The molecule has 2 heterocycles. The van der Waals surface area contributed by atoms with Crippen molar-refractivity contribution in [2.24, 2.45) is 0 Å². The van der Waals surface area contributed by atoms with Crippen molar-refractivity contribution in [3.05, 3.63) is 169 Å². The molecular weight excluding hydrogens is 685 g/mol. The van der Waals surface area contributed by atoms with Gasteiger partial charge < -0.3 is 18.6 Å². The van der Waals surface area contributed by atoms with Crippen LogP contribution in [0, 0.1) is 0 Å². The van der Waals surface area contributed by atoms with Crippen LogP contribution in [0.25, 0.3) is 55.3 Å². The highest BCUT2D eigenvalue weighted by Gasteiger charge is 2.52. The van der Waals surface area contributed by atoms with Crippen LogP contribution in [-0.2, 0) is 14.7 Å². The molecule has 1 aliphatic carbocycles. The SMILES string of the molecule is CC1(C)c2ccccc2-c2ccc(N(c3ccc(-c4ccccc4)cc3)c3ccc(-c4cccc5c4oc4c(B6OC(C)(C)C(C)(C)O6)cccc45)cc3)cc21. The van der Waals surface area contributed by atoms with Crippen LogP contribution in [-0.4, -0.2) is 18.3 Å². The van der Waals surface area contributed by atoms with E-state index in [9.17, 15) is 0 Å². The van der Waals surface area contributed by atoms with Crippen molar-refractivity contribution in [2.45, 2.75) is 58.2 Å². The number of nitrogens with zero attached hydrogens (tertiary/aromatic N) is 1. The summed E-state index contributed by atoms with van der Waals surface area (Å²) in [6, 6.07) is 56.8. The summed E-state index contributed by atoms with van der Waals surface area (Å²) in [6.07, 6.45) is 0. The maximum atomic E-state index is 6.80. The summed E-state index contributed by atoms with van der Waals surface area (Å²) >= 11 is 0. The molecule has 1 aliphatic heterocycles. The van der Waals surface area contributed by atoms with Crippen LogP contribution < -0.4 is 10.4 Å². The van der Waals surface area contributed by atoms with E-state index in [0.717, 1.165) is 55.6 Å². The lowest BCUT2D eigenvalue weighted by Crippen LogP contribution is -2.41. The van der Waals surface area contributed by atoms with Gasteiger partial charge >= 0.3 is 7.12 Å². The molecule has 274 valence electrons. The summed E-state index contributed by atoms with van der Waals surface area (Å²) in [5, 5.41) is 2.12. The molecule has 1 saturated heterocycles. The van der Waals surface area contributed by atoms with E-state index in [4.69, 9.17) is 13.7 Å². The fraction of sp³-hybridized carbons (Fsp3) is 0.176. The first-order valence-electron chi connectivity index (χ1n) is 19.6. The zero-order valence-electron chi connectivity index (χ0n) is 32.8. The second kappa shape index (κ2) is 12.6. The van der Waals surface area contributed by atoms with Gasteiger partial charge in [0.1, 0.15) is 11.2 Å². The monoisotopic (exact) mass is 729 g/mol. The van der Waals surface area contributed by atoms with Crippen molar-refractivity contribution in [1.82, 2.24) is 0 Å². The first-order valence-corrected chi connectivity index (χ1v) is 19.6. The third-order valence-corrected chi connectivity index (χ3v) is 12.6. The number of fused-ring (bicyclic) bond motifs is 6. The fourth-order valence-corrected chi connectivity index (χ4v) is 8.73. The zero-order chi connectivity index (χ0) is 38.4. The molecule has 56 heavy (non-hydrogen) atoms. The first kappa shape index (κ1) is 34.6. The van der Waals surface area contributed by atoms with Crippen molar-refractivity contribution in [2.75, 3.05) is 4.90 Å². The van der Waals surface area contributed by atoms with Crippen LogP contribution in [0.15, 0.2) is 162 Å². The Labute approximate surface area is 329 Å². The van der Waals surface area contributed by atoms with Crippen molar-refractivity contribution in [1.29, 1.82) is 0 Å². The van der Waals surface area contributed by atoms with E-state index in [1.54, 1.807) is 0 Å². The lowest BCUT2D eigenvalue weighted by atomic mass is 9.78. The molecule has 0 spiro atoms. The Morgan fingerprint density at radius 1 is 0.429 bits per heavy atom. The van der Waals surface area contributed by atoms with Gasteiger partial charge in [-0.25, -0.2) is 0 Å². The standard InChI is InChI=1S/C51H44BNO3/c1-49(2)44-20-11-10-16-40(44)41-31-30-38(32-45(41)49)53(36-26-22-34(23-27-36)33-14-8-7-9-15-33)37-28-24-35(25-29-37)39-17-12-18-42-43-19-13-21-46(48(43)54-47(39)42)52-55-50(3,4)51(5,6)56-52/h7-32H,1-6H3. The third kappa shape index (κ3) is 5.37. The minimum Gasteiger partial charge on any atom is -0.456 e. The molecule has 0 atom stereocenters. The Morgan fingerprint density at radius 3 is 1.66 bits per heavy atom. The molecule has 1 fully saturated rings. The Hall–Kier alpha value is -5.88. The van der Waals surface area contributed by atoms with Crippen LogP contribution >= 0.6 is 0 Å². The average Bonchev–Trinajstić information content (AvgIpc) is 3.79. The summed E-state index contributed by atoms with van der Waals surface area (Å²) in [7, 11) is -0.515. The maximum absolute atomic E-state index is 6.80. The molecule has 0 radical (unpaired) electrons. The predicted molar refractivity (Wildman–Crippen MR) is 233 cm³/mol. The largest absolute Gasteiger partial charge is 0.498 e. The van der Waals surface area contributed by atoms with E-state index in [0.29, 0.717) is 0 Å². The highest BCUT2D eigenvalue weighted by molar-refractivity contribution is 6.65. The van der Waals surface area contributed by atoms with Gasteiger partial charge in [0.25, 0.3) is 0 Å². The van der Waals surface area contributed by atoms with E-state index in [1.807, 2.05) is 0 Å². The molecule has 10 rings (SSSR count). The van der Waals surface area contributed by atoms with Crippen LogP contribution in [0.3, 0.4) is 0 Å². The second-order valence-electron chi connectivity index (χ2n) is 16.8. The molecule has 8 aromatic rings. The van der Waals surface area contributed by atoms with Gasteiger partial charge in [0.2, 0.25) is 0 Å². The van der Waals surface area contributed by atoms with Crippen molar-refractivity contribution in [3.8, 4) is 33.4 Å². The molecule has 0 unspecified atom stereocenters. The van der Waals surface area contributed by atoms with Crippen LogP contribution in [0.5, 0.6) is 0 Å². The van der Waals surface area contributed by atoms with E-state index >= 15 is 0 Å². The number of hydrogen-bond donors (Lipinski definition) is 0. The minimum absolute atomic E-state index is 0.109. The highest BCUT2D eigenvalue weighted by atomic mass is 16.7. The molecule has 0 amide bonds. The molecule has 7 aromatic carbocycles. The van der Waals surface area contributed by atoms with Crippen molar-refractivity contribution in [3.63, 3.8) is 0 Å².